The van der Waals surface area contributed by atoms with Gasteiger partial charge in [-0.25, -0.2) is 13.1 Å². The highest BCUT2D eigenvalue weighted by atomic mass is 32.2. The van der Waals surface area contributed by atoms with E-state index >= 15 is 0 Å². The fourth-order valence-electron chi connectivity index (χ4n) is 5.01. The van der Waals surface area contributed by atoms with Gasteiger partial charge in [-0.1, -0.05) is 55.4 Å². The number of anilines is 1. The number of aromatic nitrogens is 1. The molecule has 1 aliphatic rings. The predicted molar refractivity (Wildman–Crippen MR) is 160 cm³/mol. The van der Waals surface area contributed by atoms with E-state index in [4.69, 9.17) is 9.26 Å². The summed E-state index contributed by atoms with van der Waals surface area (Å²) >= 11 is 0. The van der Waals surface area contributed by atoms with Crippen LogP contribution in [-0.4, -0.2) is 62.4 Å². The van der Waals surface area contributed by atoms with E-state index in [2.05, 4.69) is 9.88 Å². The van der Waals surface area contributed by atoms with Gasteiger partial charge in [-0.2, -0.15) is 0 Å². The molecule has 0 saturated heterocycles. The summed E-state index contributed by atoms with van der Waals surface area (Å²) in [4.78, 5) is 30.0. The molecule has 1 atom stereocenters. The Morgan fingerprint density at radius 3 is 2.36 bits per heavy atom. The van der Waals surface area contributed by atoms with Gasteiger partial charge in [0.15, 0.2) is 0 Å². The van der Waals surface area contributed by atoms with Gasteiger partial charge in [-0.15, -0.1) is 0 Å². The highest BCUT2D eigenvalue weighted by molar-refractivity contribution is 7.92. The van der Waals surface area contributed by atoms with Crippen molar-refractivity contribution in [2.75, 3.05) is 25.9 Å². The maximum absolute atomic E-state index is 13.5. The zero-order valence-electron chi connectivity index (χ0n) is 25.3. The van der Waals surface area contributed by atoms with Crippen LogP contribution in [0.1, 0.15) is 49.1 Å². The minimum Gasteiger partial charge on any atom is -0.380 e. The number of carbonyl (C=O) groups excluding carboxylic acids is 2. The second-order valence-electron chi connectivity index (χ2n) is 11.4. The summed E-state index contributed by atoms with van der Waals surface area (Å²) < 4.78 is 40.3. The summed E-state index contributed by atoms with van der Waals surface area (Å²) in [5, 5.41) is 3.85. The van der Waals surface area contributed by atoms with Crippen molar-refractivity contribution >= 4 is 27.7 Å². The molecule has 2 amide bonds. The van der Waals surface area contributed by atoms with Gasteiger partial charge in [-0.05, 0) is 55.4 Å². The number of methoxy groups -OCH3 is 1. The zero-order valence-corrected chi connectivity index (χ0v) is 26.1. The first-order valence-electron chi connectivity index (χ1n) is 14.0. The SMILES string of the molecule is COCc1cc(CN(C(=O)C2CC2)[C@H](C(=O)N(C)C)C(C)C)ccc1-c1ccccc1S(=O)(=O)Nc1onc(C)c1C. The fraction of sp³-hybridized carbons (Fsp3) is 0.452. The van der Waals surface area contributed by atoms with E-state index in [-0.39, 0.29) is 47.6 Å². The Hall–Kier alpha value is -3.70. The molecule has 226 valence electrons. The minimum absolute atomic E-state index is 0.0123. The van der Waals surface area contributed by atoms with Crippen LogP contribution in [0.15, 0.2) is 51.9 Å². The molecule has 3 aromatic rings. The third-order valence-corrected chi connectivity index (χ3v) is 8.93. The van der Waals surface area contributed by atoms with Gasteiger partial charge in [-0.3, -0.25) is 9.59 Å². The first-order chi connectivity index (χ1) is 19.9. The van der Waals surface area contributed by atoms with Crippen LogP contribution in [0, 0.1) is 25.7 Å². The number of nitrogens with one attached hydrogen (secondary N) is 1. The second kappa shape index (κ2) is 12.7. The fourth-order valence-corrected chi connectivity index (χ4v) is 6.28. The molecule has 11 heteroatoms. The summed E-state index contributed by atoms with van der Waals surface area (Å²) in [6.07, 6.45) is 1.66. The van der Waals surface area contributed by atoms with E-state index in [0.717, 1.165) is 24.0 Å². The Bertz CT molecular complexity index is 1560. The van der Waals surface area contributed by atoms with Gasteiger partial charge in [0.05, 0.1) is 17.2 Å². The lowest BCUT2D eigenvalue weighted by Gasteiger charge is -2.35. The van der Waals surface area contributed by atoms with Gasteiger partial charge in [0, 0.05) is 44.8 Å². The van der Waals surface area contributed by atoms with Crippen molar-refractivity contribution in [1.29, 1.82) is 0 Å². The molecule has 10 nitrogen and oxygen atoms in total. The highest BCUT2D eigenvalue weighted by Gasteiger charge is 2.40. The van der Waals surface area contributed by atoms with E-state index in [1.165, 1.54) is 11.0 Å². The molecule has 4 rings (SSSR count). The first kappa shape index (κ1) is 31.2. The van der Waals surface area contributed by atoms with Crippen molar-refractivity contribution in [2.24, 2.45) is 11.8 Å². The molecule has 0 aliphatic heterocycles. The number of ether oxygens (including phenoxy) is 1. The Balaban J connectivity index is 1.73. The van der Waals surface area contributed by atoms with E-state index in [9.17, 15) is 18.0 Å². The number of sulfonamides is 1. The molecule has 1 saturated carbocycles. The number of benzene rings is 2. The molecule has 1 aliphatic carbocycles. The molecule has 1 aromatic heterocycles. The van der Waals surface area contributed by atoms with Gasteiger partial charge in [0.2, 0.25) is 17.7 Å². The number of nitrogens with zero attached hydrogens (tertiary/aromatic N) is 3. The normalized spacial score (nSPS) is 14.1. The summed E-state index contributed by atoms with van der Waals surface area (Å²) in [5.74, 6) is -0.192. The van der Waals surface area contributed by atoms with E-state index in [1.54, 1.807) is 58.2 Å². The van der Waals surface area contributed by atoms with Crippen LogP contribution in [0.4, 0.5) is 5.88 Å². The molecular weight excluding hydrogens is 556 g/mol. The van der Waals surface area contributed by atoms with Crippen LogP contribution < -0.4 is 4.72 Å². The Morgan fingerprint density at radius 1 is 1.10 bits per heavy atom. The van der Waals surface area contributed by atoms with Crippen molar-refractivity contribution in [2.45, 2.75) is 64.6 Å². The monoisotopic (exact) mass is 596 g/mol. The quantitative estimate of drug-likeness (QED) is 0.320. The van der Waals surface area contributed by atoms with Gasteiger partial charge < -0.3 is 19.1 Å². The lowest BCUT2D eigenvalue weighted by molar-refractivity contribution is -0.147. The smallest absolute Gasteiger partial charge is 0.264 e. The standard InChI is InChI=1S/C31H40N4O6S/c1-19(2)28(31(37)34(5)6)35(30(36)23-13-14-23)17-22-12-15-25(24(16-22)18-40-7)26-10-8-9-11-27(26)42(38,39)33-29-20(3)21(4)32-41-29/h8-12,15-16,19,23,28,33H,13-14,17-18H2,1-7H3/t28-/m0/s1. The van der Waals surface area contributed by atoms with Crippen molar-refractivity contribution in [1.82, 2.24) is 15.0 Å². The number of amides is 2. The first-order valence-corrected chi connectivity index (χ1v) is 15.5. The number of carbonyl (C=O) groups is 2. The van der Waals surface area contributed by atoms with Crippen molar-refractivity contribution in [3.8, 4) is 11.1 Å². The second-order valence-corrected chi connectivity index (χ2v) is 13.1. The number of hydrogen-bond acceptors (Lipinski definition) is 7. The molecule has 0 unspecified atom stereocenters. The van der Waals surface area contributed by atoms with Crippen molar-refractivity contribution < 1.29 is 27.3 Å². The lowest BCUT2D eigenvalue weighted by atomic mass is 9.96. The molecule has 0 spiro atoms. The van der Waals surface area contributed by atoms with Crippen LogP contribution >= 0.6 is 0 Å². The average Bonchev–Trinajstić information content (AvgIpc) is 3.75. The van der Waals surface area contributed by atoms with E-state index in [0.29, 0.717) is 22.4 Å². The topological polar surface area (TPSA) is 122 Å². The summed E-state index contributed by atoms with van der Waals surface area (Å²) in [5.41, 5.74) is 3.95. The lowest BCUT2D eigenvalue weighted by Crippen LogP contribution is -2.52. The third-order valence-electron chi connectivity index (χ3n) is 7.54. The summed E-state index contributed by atoms with van der Waals surface area (Å²) in [6, 6.07) is 11.8. The predicted octanol–water partition coefficient (Wildman–Crippen LogP) is 4.76. The minimum atomic E-state index is -4.03. The van der Waals surface area contributed by atoms with Gasteiger partial charge in [0.25, 0.3) is 10.0 Å². The molecular formula is C31H40N4O6S. The van der Waals surface area contributed by atoms with Crippen LogP contribution in [0.3, 0.4) is 0 Å². The molecule has 42 heavy (non-hydrogen) atoms. The third kappa shape index (κ3) is 6.68. The van der Waals surface area contributed by atoms with Crippen LogP contribution in [0.5, 0.6) is 0 Å². The summed E-state index contributed by atoms with van der Waals surface area (Å²) in [6.45, 7) is 7.84. The van der Waals surface area contributed by atoms with Crippen LogP contribution in [0.25, 0.3) is 11.1 Å². The number of aryl methyl sites for hydroxylation is 1. The molecule has 0 radical (unpaired) electrons. The highest BCUT2D eigenvalue weighted by Crippen LogP contribution is 2.35. The van der Waals surface area contributed by atoms with Crippen LogP contribution in [-0.2, 0) is 37.5 Å². The Morgan fingerprint density at radius 2 is 1.79 bits per heavy atom. The van der Waals surface area contributed by atoms with Crippen molar-refractivity contribution in [3.05, 3.63) is 64.8 Å². The average molecular weight is 597 g/mol. The van der Waals surface area contributed by atoms with Crippen molar-refractivity contribution in [3.63, 3.8) is 0 Å². The molecule has 0 bridgehead atoms. The molecule has 1 N–H and O–H groups in total. The maximum atomic E-state index is 13.5. The number of rotatable bonds is 12. The molecule has 1 fully saturated rings. The van der Waals surface area contributed by atoms with Crippen LogP contribution in [0.2, 0.25) is 0 Å². The van der Waals surface area contributed by atoms with Gasteiger partial charge >= 0.3 is 0 Å². The number of likely N-dealkylation sites (N-methyl/N-ethyl adjacent to an activating group) is 1. The summed E-state index contributed by atoms with van der Waals surface area (Å²) in [7, 11) is 0.944. The molecule has 2 aromatic carbocycles. The van der Waals surface area contributed by atoms with E-state index < -0.39 is 16.1 Å². The largest absolute Gasteiger partial charge is 0.380 e. The van der Waals surface area contributed by atoms with Gasteiger partial charge in [0.1, 0.15) is 6.04 Å². The number of hydrogen-bond donors (Lipinski definition) is 1. The molecule has 1 heterocycles. The zero-order chi connectivity index (χ0) is 30.8. The maximum Gasteiger partial charge on any atom is 0.264 e. The van der Waals surface area contributed by atoms with E-state index in [1.807, 2.05) is 32.0 Å². The Labute approximate surface area is 248 Å². The Kier molecular flexibility index (Phi) is 9.42.